The van der Waals surface area contributed by atoms with Crippen LogP contribution in [0.1, 0.15) is 29.8 Å². The Labute approximate surface area is 94.5 Å². The van der Waals surface area contributed by atoms with Crippen molar-refractivity contribution in [3.63, 3.8) is 0 Å². The van der Waals surface area contributed by atoms with Crippen molar-refractivity contribution in [2.24, 2.45) is 5.92 Å². The maximum Gasteiger partial charge on any atom is 0.272 e. The zero-order chi connectivity index (χ0) is 11.1. The highest BCUT2D eigenvalue weighted by Gasteiger charge is 2.40. The number of rotatable bonds is 1. The lowest BCUT2D eigenvalue weighted by Crippen LogP contribution is -2.38. The fourth-order valence-corrected chi connectivity index (χ4v) is 2.88. The molecule has 1 amide bonds. The third kappa shape index (κ3) is 1.45. The lowest BCUT2D eigenvalue weighted by atomic mass is 10.1. The van der Waals surface area contributed by atoms with Crippen LogP contribution in [0.2, 0.25) is 0 Å². The molecule has 1 saturated heterocycles. The van der Waals surface area contributed by atoms with E-state index in [9.17, 15) is 4.79 Å². The number of hydrogen-bond acceptors (Lipinski definition) is 3. The third-order valence-electron chi connectivity index (χ3n) is 3.67. The van der Waals surface area contributed by atoms with Crippen molar-refractivity contribution >= 4 is 11.6 Å². The third-order valence-corrected chi connectivity index (χ3v) is 3.67. The smallest absolute Gasteiger partial charge is 0.272 e. The molecule has 1 aromatic rings. The molecule has 1 aliphatic heterocycles. The lowest BCUT2D eigenvalue weighted by Gasteiger charge is -2.26. The molecule has 0 radical (unpaired) electrons. The number of anilines is 1. The van der Waals surface area contributed by atoms with Crippen LogP contribution >= 0.6 is 0 Å². The van der Waals surface area contributed by atoms with Crippen LogP contribution in [-0.4, -0.2) is 28.4 Å². The Morgan fingerprint density at radius 1 is 1.50 bits per heavy atom. The fourth-order valence-electron chi connectivity index (χ4n) is 2.88. The first-order valence-electron chi connectivity index (χ1n) is 5.76. The van der Waals surface area contributed by atoms with Crippen LogP contribution in [0, 0.1) is 5.92 Å². The minimum absolute atomic E-state index is 0.0412. The Hall–Kier alpha value is -1.58. The summed E-state index contributed by atoms with van der Waals surface area (Å²) in [5.41, 5.74) is 6.74. The van der Waals surface area contributed by atoms with Crippen LogP contribution in [0.15, 0.2) is 18.3 Å². The van der Waals surface area contributed by atoms with Crippen LogP contribution in [0.4, 0.5) is 5.69 Å². The number of carbonyl (C=O) groups is 1. The molecule has 2 bridgehead atoms. The summed E-state index contributed by atoms with van der Waals surface area (Å²) in [5, 5.41) is 0. The second-order valence-corrected chi connectivity index (χ2v) is 4.76. The van der Waals surface area contributed by atoms with Gasteiger partial charge in [0.2, 0.25) is 0 Å². The fraction of sp³-hybridized carbons (Fsp3) is 0.500. The summed E-state index contributed by atoms with van der Waals surface area (Å²) in [5.74, 6) is 0.759. The zero-order valence-electron chi connectivity index (χ0n) is 9.10. The number of carbonyl (C=O) groups excluding carboxylic acids is 1. The normalized spacial score (nSPS) is 27.4. The van der Waals surface area contributed by atoms with E-state index in [1.165, 1.54) is 12.8 Å². The molecule has 4 heteroatoms. The van der Waals surface area contributed by atoms with Gasteiger partial charge >= 0.3 is 0 Å². The van der Waals surface area contributed by atoms with E-state index in [0.717, 1.165) is 18.9 Å². The van der Waals surface area contributed by atoms with Crippen molar-refractivity contribution in [1.82, 2.24) is 9.88 Å². The summed E-state index contributed by atoms with van der Waals surface area (Å²) in [6, 6.07) is 3.81. The molecule has 2 unspecified atom stereocenters. The molecule has 0 spiro atoms. The van der Waals surface area contributed by atoms with Crippen LogP contribution in [0.5, 0.6) is 0 Å². The number of nitrogens with zero attached hydrogens (tertiary/aromatic N) is 2. The molecule has 3 rings (SSSR count). The van der Waals surface area contributed by atoms with E-state index in [2.05, 4.69) is 4.98 Å². The van der Waals surface area contributed by atoms with Gasteiger partial charge in [0.1, 0.15) is 5.69 Å². The van der Waals surface area contributed by atoms with Crippen molar-refractivity contribution in [2.45, 2.75) is 25.3 Å². The molecule has 2 fully saturated rings. The average molecular weight is 217 g/mol. The summed E-state index contributed by atoms with van der Waals surface area (Å²) < 4.78 is 0. The summed E-state index contributed by atoms with van der Waals surface area (Å²) in [6.45, 7) is 0.903. The Morgan fingerprint density at radius 3 is 3.00 bits per heavy atom. The molecule has 1 saturated carbocycles. The molecular weight excluding hydrogens is 202 g/mol. The number of nitrogen functional groups attached to an aromatic ring is 1. The quantitative estimate of drug-likeness (QED) is 0.771. The molecule has 1 aromatic heterocycles. The van der Waals surface area contributed by atoms with Crippen molar-refractivity contribution in [3.8, 4) is 0 Å². The highest BCUT2D eigenvalue weighted by molar-refractivity contribution is 5.93. The van der Waals surface area contributed by atoms with Crippen LogP contribution in [0.3, 0.4) is 0 Å². The number of piperidine rings is 1. The maximum atomic E-state index is 12.2. The highest BCUT2D eigenvalue weighted by Crippen LogP contribution is 2.37. The molecule has 2 atom stereocenters. The molecular formula is C12H15N3O. The van der Waals surface area contributed by atoms with Gasteiger partial charge in [-0.25, -0.2) is 0 Å². The van der Waals surface area contributed by atoms with Crippen LogP contribution < -0.4 is 5.73 Å². The van der Waals surface area contributed by atoms with Gasteiger partial charge in [-0.3, -0.25) is 9.78 Å². The Bertz CT molecular complexity index is 432. The van der Waals surface area contributed by atoms with Gasteiger partial charge < -0.3 is 10.6 Å². The van der Waals surface area contributed by atoms with Crippen molar-refractivity contribution in [2.75, 3.05) is 12.3 Å². The first-order valence-corrected chi connectivity index (χ1v) is 5.76. The maximum absolute atomic E-state index is 12.2. The summed E-state index contributed by atoms with van der Waals surface area (Å²) >= 11 is 0. The van der Waals surface area contributed by atoms with E-state index in [-0.39, 0.29) is 5.91 Å². The second kappa shape index (κ2) is 3.47. The zero-order valence-corrected chi connectivity index (χ0v) is 9.10. The summed E-state index contributed by atoms with van der Waals surface area (Å²) in [6.07, 6.45) is 5.20. The molecule has 2 aliphatic rings. The van der Waals surface area contributed by atoms with Gasteiger partial charge in [-0.15, -0.1) is 0 Å². The van der Waals surface area contributed by atoms with E-state index >= 15 is 0 Å². The molecule has 84 valence electrons. The van der Waals surface area contributed by atoms with Crippen molar-refractivity contribution < 1.29 is 4.79 Å². The van der Waals surface area contributed by atoms with E-state index in [1.807, 2.05) is 4.90 Å². The van der Waals surface area contributed by atoms with Crippen molar-refractivity contribution in [3.05, 3.63) is 24.0 Å². The number of aromatic nitrogens is 1. The topological polar surface area (TPSA) is 59.2 Å². The Kier molecular flexibility index (Phi) is 2.09. The molecule has 0 aromatic carbocycles. The van der Waals surface area contributed by atoms with E-state index in [1.54, 1.807) is 18.3 Å². The first kappa shape index (κ1) is 9.63. The predicted molar refractivity (Wildman–Crippen MR) is 60.8 cm³/mol. The first-order chi connectivity index (χ1) is 7.74. The number of amides is 1. The van der Waals surface area contributed by atoms with Gasteiger partial charge in [0.15, 0.2) is 0 Å². The molecule has 2 N–H and O–H groups in total. The molecule has 16 heavy (non-hydrogen) atoms. The molecule has 4 nitrogen and oxygen atoms in total. The summed E-state index contributed by atoms with van der Waals surface area (Å²) in [4.78, 5) is 18.3. The van der Waals surface area contributed by atoms with Gasteiger partial charge in [0.05, 0.1) is 0 Å². The standard InChI is InChI=1S/C12H15N3O/c13-9-3-4-14-11(6-9)12(16)15-7-8-1-2-10(15)5-8/h3-4,6,8,10H,1-2,5,7H2,(H2,13,14). The van der Waals surface area contributed by atoms with Gasteiger partial charge in [-0.2, -0.15) is 0 Å². The van der Waals surface area contributed by atoms with E-state index in [4.69, 9.17) is 5.73 Å². The Balaban J connectivity index is 1.83. The van der Waals surface area contributed by atoms with Gasteiger partial charge in [0, 0.05) is 24.5 Å². The van der Waals surface area contributed by atoms with E-state index < -0.39 is 0 Å². The van der Waals surface area contributed by atoms with Gasteiger partial charge in [-0.1, -0.05) is 0 Å². The summed E-state index contributed by atoms with van der Waals surface area (Å²) in [7, 11) is 0. The van der Waals surface area contributed by atoms with Crippen LogP contribution in [-0.2, 0) is 0 Å². The largest absolute Gasteiger partial charge is 0.399 e. The number of fused-ring (bicyclic) bond motifs is 2. The SMILES string of the molecule is Nc1ccnc(C(=O)N2CC3CCC2C3)c1. The second-order valence-electron chi connectivity index (χ2n) is 4.76. The monoisotopic (exact) mass is 217 g/mol. The number of pyridine rings is 1. The molecule has 1 aliphatic carbocycles. The molecule has 2 heterocycles. The average Bonchev–Trinajstić information content (AvgIpc) is 2.89. The number of likely N-dealkylation sites (tertiary alicyclic amines) is 1. The minimum Gasteiger partial charge on any atom is -0.399 e. The number of nitrogens with two attached hydrogens (primary N) is 1. The number of hydrogen-bond donors (Lipinski definition) is 1. The van der Waals surface area contributed by atoms with Crippen molar-refractivity contribution in [1.29, 1.82) is 0 Å². The highest BCUT2D eigenvalue weighted by atomic mass is 16.2. The van der Waals surface area contributed by atoms with Gasteiger partial charge in [-0.05, 0) is 37.3 Å². The van der Waals surface area contributed by atoms with Gasteiger partial charge in [0.25, 0.3) is 5.91 Å². The van der Waals surface area contributed by atoms with E-state index in [0.29, 0.717) is 17.4 Å². The lowest BCUT2D eigenvalue weighted by molar-refractivity contribution is 0.0697. The Morgan fingerprint density at radius 2 is 2.38 bits per heavy atom. The van der Waals surface area contributed by atoms with Crippen LogP contribution in [0.25, 0.3) is 0 Å². The minimum atomic E-state index is 0.0412. The predicted octanol–water partition coefficient (Wildman–Crippen LogP) is 1.29.